The molecule has 0 spiro atoms. The van der Waals surface area contributed by atoms with Crippen LogP contribution in [0.25, 0.3) is 0 Å². The van der Waals surface area contributed by atoms with Crippen LogP contribution in [0.15, 0.2) is 0 Å². The second-order valence-corrected chi connectivity index (χ2v) is 5.73. The van der Waals surface area contributed by atoms with Crippen LogP contribution in [0.3, 0.4) is 0 Å². The molecule has 0 aliphatic carbocycles. The molecule has 0 saturated heterocycles. The minimum absolute atomic E-state index is 0.00985. The first-order chi connectivity index (χ1) is 9.67. The van der Waals surface area contributed by atoms with E-state index in [4.69, 9.17) is 5.73 Å². The molecule has 3 amide bonds. The van der Waals surface area contributed by atoms with Crippen LogP contribution in [-0.4, -0.2) is 41.8 Å². The topological polar surface area (TPSA) is 92.5 Å². The molecule has 0 bridgehead atoms. The Morgan fingerprint density at radius 2 is 1.57 bits per heavy atom. The molecule has 0 aromatic rings. The number of amides is 3. The van der Waals surface area contributed by atoms with Gasteiger partial charge in [-0.3, -0.25) is 14.4 Å². The van der Waals surface area contributed by atoms with Gasteiger partial charge in [0.2, 0.25) is 17.7 Å². The van der Waals surface area contributed by atoms with E-state index >= 15 is 0 Å². The number of nitrogens with two attached hydrogens (primary N) is 1. The molecule has 0 heterocycles. The molecule has 122 valence electrons. The predicted octanol–water partition coefficient (Wildman–Crippen LogP) is 0.896. The maximum Gasteiger partial charge on any atom is 0.243 e. The number of nitrogens with zero attached hydrogens (tertiary/aromatic N) is 1. The van der Waals surface area contributed by atoms with E-state index in [1.807, 2.05) is 27.7 Å². The highest BCUT2D eigenvalue weighted by Crippen LogP contribution is 2.16. The number of rotatable bonds is 8. The van der Waals surface area contributed by atoms with Crippen molar-refractivity contribution >= 4 is 17.7 Å². The van der Waals surface area contributed by atoms with E-state index in [0.29, 0.717) is 0 Å². The van der Waals surface area contributed by atoms with Gasteiger partial charge >= 0.3 is 0 Å². The number of carbonyl (C=O) groups excluding carboxylic acids is 3. The molecule has 0 aromatic heterocycles. The van der Waals surface area contributed by atoms with Crippen molar-refractivity contribution in [2.24, 2.45) is 17.6 Å². The Hall–Kier alpha value is -1.59. The van der Waals surface area contributed by atoms with Crippen molar-refractivity contribution in [2.45, 2.75) is 59.5 Å². The third-order valence-electron chi connectivity index (χ3n) is 4.18. The monoisotopic (exact) mass is 299 g/mol. The van der Waals surface area contributed by atoms with Crippen LogP contribution < -0.4 is 11.1 Å². The molecule has 6 heteroatoms. The first kappa shape index (κ1) is 19.4. The van der Waals surface area contributed by atoms with E-state index in [1.165, 1.54) is 11.8 Å². The van der Waals surface area contributed by atoms with Crippen LogP contribution in [0.4, 0.5) is 0 Å². The third-order valence-corrected chi connectivity index (χ3v) is 4.18. The van der Waals surface area contributed by atoms with Crippen molar-refractivity contribution in [1.82, 2.24) is 10.2 Å². The molecule has 0 rings (SSSR count). The predicted molar refractivity (Wildman–Crippen MR) is 82.3 cm³/mol. The van der Waals surface area contributed by atoms with E-state index in [1.54, 1.807) is 7.05 Å². The van der Waals surface area contributed by atoms with Crippen LogP contribution in [-0.2, 0) is 14.4 Å². The number of primary amides is 1. The Labute approximate surface area is 127 Å². The normalized spacial score (nSPS) is 16.5. The molecule has 0 aromatic carbocycles. The summed E-state index contributed by atoms with van der Waals surface area (Å²) in [5.74, 6) is -1.12. The smallest absolute Gasteiger partial charge is 0.243 e. The van der Waals surface area contributed by atoms with Gasteiger partial charge in [-0.15, -0.1) is 0 Å². The quantitative estimate of drug-likeness (QED) is 0.697. The highest BCUT2D eigenvalue weighted by atomic mass is 16.2. The van der Waals surface area contributed by atoms with Gasteiger partial charge in [-0.25, -0.2) is 0 Å². The Morgan fingerprint density at radius 3 is 1.90 bits per heavy atom. The number of carbonyl (C=O) groups is 3. The van der Waals surface area contributed by atoms with Crippen molar-refractivity contribution in [3.63, 3.8) is 0 Å². The van der Waals surface area contributed by atoms with Crippen LogP contribution in [0.1, 0.15) is 47.5 Å². The minimum atomic E-state index is -0.714. The average molecular weight is 299 g/mol. The van der Waals surface area contributed by atoms with E-state index < -0.39 is 18.0 Å². The standard InChI is InChI=1S/C15H29N3O3/c1-7-9(3)12(14(16)20)17-15(21)13(10(4)8-2)18(6)11(5)19/h9-10,12-13H,7-8H2,1-6H3,(H2,16,20)(H,17,21)/t9-,10?,12?,13?/m0/s1. The van der Waals surface area contributed by atoms with Crippen molar-refractivity contribution < 1.29 is 14.4 Å². The van der Waals surface area contributed by atoms with Gasteiger partial charge in [0, 0.05) is 14.0 Å². The first-order valence-corrected chi connectivity index (χ1v) is 7.50. The van der Waals surface area contributed by atoms with Gasteiger partial charge in [0.25, 0.3) is 0 Å². The second-order valence-electron chi connectivity index (χ2n) is 5.73. The summed E-state index contributed by atoms with van der Waals surface area (Å²) in [5, 5.41) is 2.71. The molecule has 3 unspecified atom stereocenters. The van der Waals surface area contributed by atoms with E-state index in [2.05, 4.69) is 5.32 Å². The van der Waals surface area contributed by atoms with E-state index in [-0.39, 0.29) is 23.7 Å². The summed E-state index contributed by atoms with van der Waals surface area (Å²) in [6.07, 6.45) is 1.48. The maximum atomic E-state index is 12.5. The summed E-state index contributed by atoms with van der Waals surface area (Å²) in [6, 6.07) is -1.31. The number of nitrogens with one attached hydrogen (secondary N) is 1. The van der Waals surface area contributed by atoms with Crippen molar-refractivity contribution in [1.29, 1.82) is 0 Å². The lowest BCUT2D eigenvalue weighted by Crippen LogP contribution is -2.56. The Morgan fingerprint density at radius 1 is 1.10 bits per heavy atom. The van der Waals surface area contributed by atoms with Gasteiger partial charge in [-0.1, -0.05) is 40.5 Å². The van der Waals surface area contributed by atoms with Crippen LogP contribution >= 0.6 is 0 Å². The fourth-order valence-electron chi connectivity index (χ4n) is 2.20. The fraction of sp³-hybridized carbons (Fsp3) is 0.800. The Balaban J connectivity index is 5.20. The SMILES string of the molecule is CCC(C)C(C(=O)NC(C(N)=O)[C@@H](C)CC)N(C)C(C)=O. The maximum absolute atomic E-state index is 12.5. The summed E-state index contributed by atoms with van der Waals surface area (Å²) in [6.45, 7) is 9.08. The molecule has 21 heavy (non-hydrogen) atoms. The van der Waals surface area contributed by atoms with Gasteiger partial charge in [-0.2, -0.15) is 0 Å². The molecular formula is C15H29N3O3. The lowest BCUT2D eigenvalue weighted by atomic mass is 9.94. The van der Waals surface area contributed by atoms with Crippen molar-refractivity contribution in [2.75, 3.05) is 7.05 Å². The summed E-state index contributed by atoms with van der Waals surface area (Å²) >= 11 is 0. The molecule has 3 N–H and O–H groups in total. The molecular weight excluding hydrogens is 270 g/mol. The highest BCUT2D eigenvalue weighted by molar-refractivity contribution is 5.91. The van der Waals surface area contributed by atoms with Crippen molar-refractivity contribution in [3.05, 3.63) is 0 Å². The molecule has 0 aliphatic heterocycles. The number of likely N-dealkylation sites (N-methyl/N-ethyl adjacent to an activating group) is 1. The van der Waals surface area contributed by atoms with Crippen molar-refractivity contribution in [3.8, 4) is 0 Å². The molecule has 0 fully saturated rings. The number of hydrogen-bond acceptors (Lipinski definition) is 3. The van der Waals surface area contributed by atoms with Gasteiger partial charge < -0.3 is 16.0 Å². The van der Waals surface area contributed by atoms with Crippen LogP contribution in [0.5, 0.6) is 0 Å². The highest BCUT2D eigenvalue weighted by Gasteiger charge is 2.33. The largest absolute Gasteiger partial charge is 0.368 e. The van der Waals surface area contributed by atoms with Gasteiger partial charge in [0.15, 0.2) is 0 Å². The van der Waals surface area contributed by atoms with Gasteiger partial charge in [-0.05, 0) is 11.8 Å². The van der Waals surface area contributed by atoms with Crippen LogP contribution in [0, 0.1) is 11.8 Å². The Bertz CT molecular complexity index is 384. The van der Waals surface area contributed by atoms with E-state index in [9.17, 15) is 14.4 Å². The molecule has 4 atom stereocenters. The van der Waals surface area contributed by atoms with Gasteiger partial charge in [0.05, 0.1) is 0 Å². The number of hydrogen-bond donors (Lipinski definition) is 2. The zero-order valence-corrected chi connectivity index (χ0v) is 14.0. The third kappa shape index (κ3) is 5.36. The lowest BCUT2D eigenvalue weighted by molar-refractivity contribution is -0.140. The molecule has 0 radical (unpaired) electrons. The molecule has 0 saturated carbocycles. The lowest BCUT2D eigenvalue weighted by Gasteiger charge is -2.32. The zero-order valence-electron chi connectivity index (χ0n) is 14.0. The van der Waals surface area contributed by atoms with E-state index in [0.717, 1.165) is 12.8 Å². The molecule has 6 nitrogen and oxygen atoms in total. The average Bonchev–Trinajstić information content (AvgIpc) is 2.43. The van der Waals surface area contributed by atoms with Crippen LogP contribution in [0.2, 0.25) is 0 Å². The zero-order chi connectivity index (χ0) is 16.7. The Kier molecular flexibility index (Phi) is 7.99. The summed E-state index contributed by atoms with van der Waals surface area (Å²) in [5.41, 5.74) is 5.37. The summed E-state index contributed by atoms with van der Waals surface area (Å²) in [7, 11) is 1.60. The van der Waals surface area contributed by atoms with Gasteiger partial charge in [0.1, 0.15) is 12.1 Å². The molecule has 0 aliphatic rings. The minimum Gasteiger partial charge on any atom is -0.368 e. The summed E-state index contributed by atoms with van der Waals surface area (Å²) < 4.78 is 0. The fourth-order valence-corrected chi connectivity index (χ4v) is 2.20. The summed E-state index contributed by atoms with van der Waals surface area (Å²) in [4.78, 5) is 37.0. The first-order valence-electron chi connectivity index (χ1n) is 7.50. The second kappa shape index (κ2) is 8.64.